The number of carbonyl (C=O) groups excluding carboxylic acids is 1. The largest absolute Gasteiger partial charge is 0.455 e. The third-order valence-corrected chi connectivity index (χ3v) is 6.16. The molecule has 29 heavy (non-hydrogen) atoms. The Morgan fingerprint density at radius 3 is 2.62 bits per heavy atom. The molecule has 4 atom stereocenters. The van der Waals surface area contributed by atoms with E-state index in [1.807, 2.05) is 36.4 Å². The minimum atomic E-state index is -1.34. The van der Waals surface area contributed by atoms with E-state index in [-0.39, 0.29) is 24.2 Å². The molecular weight excluding hydrogens is 364 g/mol. The lowest BCUT2D eigenvalue weighted by Gasteiger charge is -2.47. The number of benzene rings is 2. The summed E-state index contributed by atoms with van der Waals surface area (Å²) in [6.07, 6.45) is 4.09. The maximum absolute atomic E-state index is 12.8. The van der Waals surface area contributed by atoms with Crippen LogP contribution in [0.15, 0.2) is 66.4 Å². The van der Waals surface area contributed by atoms with Crippen LogP contribution < -0.4 is 0 Å². The third-order valence-electron chi connectivity index (χ3n) is 6.16. The molecule has 0 bridgehead atoms. The smallest absolute Gasteiger partial charge is 0.373 e. The minimum Gasteiger partial charge on any atom is -0.455 e. The highest BCUT2D eigenvalue weighted by Crippen LogP contribution is 2.50. The Morgan fingerprint density at radius 2 is 1.90 bits per heavy atom. The summed E-state index contributed by atoms with van der Waals surface area (Å²) in [5, 5.41) is 11.3. The third kappa shape index (κ3) is 4.23. The molecule has 1 saturated carbocycles. The molecular formula is C25H28O4. The first kappa shape index (κ1) is 19.7. The quantitative estimate of drug-likeness (QED) is 0.755. The minimum absolute atomic E-state index is 0.0837. The van der Waals surface area contributed by atoms with Crippen LogP contribution in [0.4, 0.5) is 0 Å². The zero-order chi connectivity index (χ0) is 20.4. The van der Waals surface area contributed by atoms with Crippen LogP contribution in [-0.4, -0.2) is 16.9 Å². The monoisotopic (exact) mass is 392 g/mol. The van der Waals surface area contributed by atoms with Gasteiger partial charge < -0.3 is 14.6 Å². The number of aryl methyl sites for hydroxylation is 1. The molecule has 1 heterocycles. The zero-order valence-corrected chi connectivity index (χ0v) is 17.0. The lowest BCUT2D eigenvalue weighted by Crippen LogP contribution is -2.50. The second kappa shape index (κ2) is 8.03. The van der Waals surface area contributed by atoms with Gasteiger partial charge in [0.05, 0.1) is 0 Å². The van der Waals surface area contributed by atoms with Crippen LogP contribution in [0.5, 0.6) is 0 Å². The topological polar surface area (TPSA) is 55.8 Å². The maximum Gasteiger partial charge on any atom is 0.373 e. The second-order valence-electron chi connectivity index (χ2n) is 8.46. The first-order valence-electron chi connectivity index (χ1n) is 10.4. The average molecular weight is 392 g/mol. The summed E-state index contributed by atoms with van der Waals surface area (Å²) in [5.74, 6) is -1.41. The molecule has 1 N–H and O–H groups in total. The average Bonchev–Trinajstić information content (AvgIpc) is 2.73. The predicted octanol–water partition coefficient (Wildman–Crippen LogP) is 4.86. The summed E-state index contributed by atoms with van der Waals surface area (Å²) in [5.41, 5.74) is 3.18. The number of ether oxygens (including phenoxy) is 2. The highest BCUT2D eigenvalue weighted by molar-refractivity contribution is 5.86. The molecule has 2 aromatic carbocycles. The maximum atomic E-state index is 12.8. The van der Waals surface area contributed by atoms with Gasteiger partial charge in [-0.15, -0.1) is 0 Å². The number of allylic oxidation sites excluding steroid dienone is 1. The van der Waals surface area contributed by atoms with E-state index in [9.17, 15) is 9.90 Å². The van der Waals surface area contributed by atoms with Crippen molar-refractivity contribution in [1.29, 1.82) is 0 Å². The van der Waals surface area contributed by atoms with Gasteiger partial charge in [-0.05, 0) is 42.9 Å². The van der Waals surface area contributed by atoms with Crippen LogP contribution in [0.3, 0.4) is 0 Å². The first-order valence-corrected chi connectivity index (χ1v) is 10.4. The molecule has 4 rings (SSSR count). The summed E-state index contributed by atoms with van der Waals surface area (Å²) >= 11 is 0. The summed E-state index contributed by atoms with van der Waals surface area (Å²) < 4.78 is 11.4. The molecule has 4 nitrogen and oxygen atoms in total. The van der Waals surface area contributed by atoms with Gasteiger partial charge in [0.25, 0.3) is 0 Å². The Balaban J connectivity index is 1.61. The standard InChI is InChI=1S/C25H28O4/c1-17-8-10-20(11-9-17)21-15-23(24(26)28-16-19-6-4-3-5-7-19)29-25(27)13-12-18(2)14-22(21)25/h3-11,15,18,21-22,27H,12-14,16H2,1-2H3/t18-,21+,22+,25-/m1/s1. The molecule has 2 aliphatic rings. The molecule has 0 saturated heterocycles. The van der Waals surface area contributed by atoms with E-state index >= 15 is 0 Å². The van der Waals surface area contributed by atoms with Gasteiger partial charge >= 0.3 is 5.97 Å². The van der Waals surface area contributed by atoms with E-state index in [1.54, 1.807) is 0 Å². The highest BCUT2D eigenvalue weighted by Gasteiger charge is 2.51. The van der Waals surface area contributed by atoms with Gasteiger partial charge in [-0.2, -0.15) is 0 Å². The van der Waals surface area contributed by atoms with Crippen molar-refractivity contribution in [1.82, 2.24) is 0 Å². The Hall–Kier alpha value is -2.59. The fourth-order valence-electron chi connectivity index (χ4n) is 4.45. The molecule has 1 aliphatic carbocycles. The van der Waals surface area contributed by atoms with Crippen LogP contribution in [0.1, 0.15) is 48.8 Å². The van der Waals surface area contributed by atoms with Gasteiger partial charge in [-0.3, -0.25) is 0 Å². The number of aliphatic hydroxyl groups is 1. The Morgan fingerprint density at radius 1 is 1.17 bits per heavy atom. The zero-order valence-electron chi connectivity index (χ0n) is 17.0. The molecule has 0 amide bonds. The van der Waals surface area contributed by atoms with E-state index in [2.05, 4.69) is 38.1 Å². The number of hydrogen-bond acceptors (Lipinski definition) is 4. The van der Waals surface area contributed by atoms with Crippen molar-refractivity contribution >= 4 is 5.97 Å². The Bertz CT molecular complexity index is 887. The van der Waals surface area contributed by atoms with Gasteiger partial charge in [0.1, 0.15) is 6.61 Å². The second-order valence-corrected chi connectivity index (χ2v) is 8.46. The highest BCUT2D eigenvalue weighted by atomic mass is 16.6. The van der Waals surface area contributed by atoms with Gasteiger partial charge in [0, 0.05) is 18.3 Å². The van der Waals surface area contributed by atoms with Crippen molar-refractivity contribution in [2.75, 3.05) is 0 Å². The molecule has 0 spiro atoms. The number of fused-ring (bicyclic) bond motifs is 1. The summed E-state index contributed by atoms with van der Waals surface area (Å²) in [4.78, 5) is 12.8. The molecule has 1 fully saturated rings. The number of hydrogen-bond donors (Lipinski definition) is 1. The molecule has 152 valence electrons. The fraction of sp³-hybridized carbons (Fsp3) is 0.400. The van der Waals surface area contributed by atoms with Gasteiger partial charge in [-0.25, -0.2) is 4.79 Å². The number of rotatable bonds is 4. The fourth-order valence-corrected chi connectivity index (χ4v) is 4.45. The van der Waals surface area contributed by atoms with Crippen LogP contribution in [0, 0.1) is 18.8 Å². The van der Waals surface area contributed by atoms with Gasteiger partial charge in [-0.1, -0.05) is 67.1 Å². The van der Waals surface area contributed by atoms with Gasteiger partial charge in [0.15, 0.2) is 0 Å². The molecule has 0 unspecified atom stereocenters. The van der Waals surface area contributed by atoms with Crippen LogP contribution >= 0.6 is 0 Å². The molecule has 2 aromatic rings. The van der Waals surface area contributed by atoms with Crippen molar-refractivity contribution in [3.05, 3.63) is 83.1 Å². The summed E-state index contributed by atoms with van der Waals surface area (Å²) in [7, 11) is 0. The van der Waals surface area contributed by atoms with E-state index < -0.39 is 11.8 Å². The van der Waals surface area contributed by atoms with Crippen molar-refractivity contribution in [3.8, 4) is 0 Å². The van der Waals surface area contributed by atoms with E-state index in [0.29, 0.717) is 12.3 Å². The summed E-state index contributed by atoms with van der Waals surface area (Å²) in [6.45, 7) is 4.43. The molecule has 0 radical (unpaired) electrons. The molecule has 1 aliphatic heterocycles. The van der Waals surface area contributed by atoms with Crippen molar-refractivity contribution in [3.63, 3.8) is 0 Å². The molecule has 0 aromatic heterocycles. The lowest BCUT2D eigenvalue weighted by atomic mass is 9.68. The molecule has 4 heteroatoms. The van der Waals surface area contributed by atoms with Crippen molar-refractivity contribution in [2.45, 2.75) is 51.4 Å². The van der Waals surface area contributed by atoms with Gasteiger partial charge in [0.2, 0.25) is 11.5 Å². The normalized spacial score (nSPS) is 28.7. The SMILES string of the molecule is Cc1ccc([C@@H]2C=C(C(=O)OCc3ccccc3)O[C@]3(O)CC[C@@H](C)C[C@@H]23)cc1. The first-order chi connectivity index (χ1) is 13.9. The number of esters is 1. The Labute approximate surface area is 172 Å². The predicted molar refractivity (Wildman–Crippen MR) is 111 cm³/mol. The van der Waals surface area contributed by atoms with E-state index in [1.165, 1.54) is 5.56 Å². The van der Waals surface area contributed by atoms with Crippen molar-refractivity contribution < 1.29 is 19.4 Å². The lowest BCUT2D eigenvalue weighted by molar-refractivity contribution is -0.248. The summed E-state index contributed by atoms with van der Waals surface area (Å²) in [6, 6.07) is 17.8. The number of carbonyl (C=O) groups is 1. The Kier molecular flexibility index (Phi) is 5.46. The van der Waals surface area contributed by atoms with Crippen LogP contribution in [0.2, 0.25) is 0 Å². The van der Waals surface area contributed by atoms with E-state index in [0.717, 1.165) is 24.0 Å². The van der Waals surface area contributed by atoms with Crippen LogP contribution in [-0.2, 0) is 20.9 Å². The van der Waals surface area contributed by atoms with Crippen molar-refractivity contribution in [2.24, 2.45) is 11.8 Å². The van der Waals surface area contributed by atoms with E-state index in [4.69, 9.17) is 9.47 Å². The van der Waals surface area contributed by atoms with Crippen LogP contribution in [0.25, 0.3) is 0 Å².